The average molecular weight is 311 g/mol. The predicted molar refractivity (Wildman–Crippen MR) is 88.6 cm³/mol. The van der Waals surface area contributed by atoms with Crippen molar-refractivity contribution in [3.63, 3.8) is 0 Å². The van der Waals surface area contributed by atoms with Gasteiger partial charge in [-0.1, -0.05) is 24.3 Å². The molecule has 0 saturated carbocycles. The topological polar surface area (TPSA) is 105 Å². The van der Waals surface area contributed by atoms with E-state index >= 15 is 0 Å². The molecule has 118 valence electrons. The third-order valence-corrected chi connectivity index (χ3v) is 3.21. The Morgan fingerprint density at radius 2 is 1.91 bits per heavy atom. The molecular formula is C17H17N3O3. The molecule has 0 heterocycles. The molecule has 0 saturated heterocycles. The number of carboxylic acid groups (broad SMARTS) is 1. The maximum Gasteiger partial charge on any atom is 0.303 e. The van der Waals surface area contributed by atoms with Gasteiger partial charge in [0, 0.05) is 17.7 Å². The largest absolute Gasteiger partial charge is 0.481 e. The van der Waals surface area contributed by atoms with E-state index in [0.29, 0.717) is 17.7 Å². The van der Waals surface area contributed by atoms with Crippen LogP contribution in [-0.4, -0.2) is 23.2 Å². The molecule has 0 atom stereocenters. The van der Waals surface area contributed by atoms with Crippen LogP contribution in [0, 0.1) is 0 Å². The molecule has 6 heteroatoms. The molecule has 6 nitrogen and oxygen atoms in total. The first kappa shape index (κ1) is 16.2. The maximum absolute atomic E-state index is 12.2. The molecule has 0 bridgehead atoms. The van der Waals surface area contributed by atoms with Crippen molar-refractivity contribution >= 4 is 23.8 Å². The highest BCUT2D eigenvalue weighted by molar-refractivity contribution is 6.05. The van der Waals surface area contributed by atoms with E-state index in [2.05, 4.69) is 10.4 Å². The average Bonchev–Trinajstić information content (AvgIpc) is 2.55. The molecule has 2 rings (SSSR count). The number of carbonyl (C=O) groups excluding carboxylic acids is 1. The fraction of sp³-hybridized carbons (Fsp3) is 0.118. The number of nitrogens with one attached hydrogen (secondary N) is 1. The lowest BCUT2D eigenvalue weighted by atomic mass is 10.1. The standard InChI is InChI=1S/C17H17N3O3/c18-19-11-13-2-1-3-14(10-13)17(23)20-15-7-4-12(5-8-15)6-9-16(21)22/h1-5,7-8,10-11H,6,9,18H2,(H,20,23)(H,21,22). The van der Waals surface area contributed by atoms with Crippen LogP contribution in [0.4, 0.5) is 5.69 Å². The highest BCUT2D eigenvalue weighted by Crippen LogP contribution is 2.13. The van der Waals surface area contributed by atoms with Crippen LogP contribution >= 0.6 is 0 Å². The van der Waals surface area contributed by atoms with E-state index in [4.69, 9.17) is 10.9 Å². The predicted octanol–water partition coefficient (Wildman–Crippen LogP) is 2.25. The van der Waals surface area contributed by atoms with E-state index in [1.807, 2.05) is 0 Å². The number of hydrogen-bond acceptors (Lipinski definition) is 4. The van der Waals surface area contributed by atoms with Crippen LogP contribution in [0.15, 0.2) is 53.6 Å². The van der Waals surface area contributed by atoms with Gasteiger partial charge in [0.2, 0.25) is 0 Å². The lowest BCUT2D eigenvalue weighted by Crippen LogP contribution is -2.12. The Morgan fingerprint density at radius 1 is 1.17 bits per heavy atom. The van der Waals surface area contributed by atoms with Crippen molar-refractivity contribution < 1.29 is 14.7 Å². The Morgan fingerprint density at radius 3 is 2.57 bits per heavy atom. The number of aryl methyl sites for hydroxylation is 1. The lowest BCUT2D eigenvalue weighted by molar-refractivity contribution is -0.136. The second-order valence-corrected chi connectivity index (χ2v) is 4.95. The number of amides is 1. The molecule has 0 radical (unpaired) electrons. The van der Waals surface area contributed by atoms with Gasteiger partial charge in [0.1, 0.15) is 0 Å². The molecule has 0 fully saturated rings. The smallest absolute Gasteiger partial charge is 0.303 e. The van der Waals surface area contributed by atoms with Gasteiger partial charge in [0.05, 0.1) is 6.21 Å². The van der Waals surface area contributed by atoms with Crippen molar-refractivity contribution in [3.05, 3.63) is 65.2 Å². The summed E-state index contributed by atoms with van der Waals surface area (Å²) in [5.41, 5.74) is 2.79. The molecule has 2 aromatic rings. The molecule has 4 N–H and O–H groups in total. The van der Waals surface area contributed by atoms with Crippen LogP contribution in [0.2, 0.25) is 0 Å². The third-order valence-electron chi connectivity index (χ3n) is 3.21. The highest BCUT2D eigenvalue weighted by atomic mass is 16.4. The summed E-state index contributed by atoms with van der Waals surface area (Å²) in [6.07, 6.45) is 2.01. The number of nitrogens with zero attached hydrogens (tertiary/aromatic N) is 1. The molecular weight excluding hydrogens is 294 g/mol. The number of carbonyl (C=O) groups is 2. The molecule has 0 aromatic heterocycles. The second kappa shape index (κ2) is 7.74. The maximum atomic E-state index is 12.2. The van der Waals surface area contributed by atoms with Crippen LogP contribution in [0.1, 0.15) is 27.9 Å². The number of anilines is 1. The first-order valence-corrected chi connectivity index (χ1v) is 7.04. The number of carboxylic acids is 1. The zero-order chi connectivity index (χ0) is 16.7. The van der Waals surface area contributed by atoms with Crippen molar-refractivity contribution in [1.82, 2.24) is 0 Å². The highest BCUT2D eigenvalue weighted by Gasteiger charge is 2.07. The fourth-order valence-corrected chi connectivity index (χ4v) is 2.06. The first-order chi connectivity index (χ1) is 11.1. The quantitative estimate of drug-likeness (QED) is 0.432. The molecule has 0 aliphatic heterocycles. The summed E-state index contributed by atoms with van der Waals surface area (Å²) < 4.78 is 0. The zero-order valence-corrected chi connectivity index (χ0v) is 12.4. The number of benzene rings is 2. The van der Waals surface area contributed by atoms with Gasteiger partial charge in [0.15, 0.2) is 0 Å². The molecule has 0 spiro atoms. The minimum atomic E-state index is -0.830. The number of rotatable bonds is 6. The van der Waals surface area contributed by atoms with E-state index in [0.717, 1.165) is 11.1 Å². The van der Waals surface area contributed by atoms with E-state index in [9.17, 15) is 9.59 Å². The summed E-state index contributed by atoms with van der Waals surface area (Å²) in [6, 6.07) is 14.0. The molecule has 2 aromatic carbocycles. The van der Waals surface area contributed by atoms with Gasteiger partial charge in [-0.05, 0) is 41.8 Å². The van der Waals surface area contributed by atoms with Gasteiger partial charge in [-0.2, -0.15) is 5.10 Å². The van der Waals surface area contributed by atoms with Crippen LogP contribution in [-0.2, 0) is 11.2 Å². The second-order valence-electron chi connectivity index (χ2n) is 4.95. The van der Waals surface area contributed by atoms with E-state index < -0.39 is 5.97 Å². The van der Waals surface area contributed by atoms with Crippen molar-refractivity contribution in [3.8, 4) is 0 Å². The van der Waals surface area contributed by atoms with Gasteiger partial charge in [0.25, 0.3) is 5.91 Å². The Labute approximate surface area is 133 Å². The summed E-state index contributed by atoms with van der Waals surface area (Å²) in [6.45, 7) is 0. The summed E-state index contributed by atoms with van der Waals surface area (Å²) in [4.78, 5) is 22.7. The van der Waals surface area contributed by atoms with Gasteiger partial charge in [-0.15, -0.1) is 0 Å². The number of aliphatic carboxylic acids is 1. The monoisotopic (exact) mass is 311 g/mol. The first-order valence-electron chi connectivity index (χ1n) is 7.04. The molecule has 1 amide bonds. The Balaban J connectivity index is 2.02. The van der Waals surface area contributed by atoms with Crippen LogP contribution in [0.3, 0.4) is 0 Å². The fourth-order valence-electron chi connectivity index (χ4n) is 2.06. The zero-order valence-electron chi connectivity index (χ0n) is 12.4. The number of nitrogens with two attached hydrogens (primary N) is 1. The van der Waals surface area contributed by atoms with E-state index in [-0.39, 0.29) is 12.3 Å². The number of hydrazone groups is 1. The summed E-state index contributed by atoms with van der Waals surface area (Å²) in [5, 5.41) is 14.9. The van der Waals surface area contributed by atoms with Crippen LogP contribution < -0.4 is 11.2 Å². The van der Waals surface area contributed by atoms with Crippen LogP contribution in [0.25, 0.3) is 0 Å². The minimum Gasteiger partial charge on any atom is -0.481 e. The third kappa shape index (κ3) is 4.96. The molecule has 0 unspecified atom stereocenters. The summed E-state index contributed by atoms with van der Waals surface area (Å²) in [5.74, 6) is 4.03. The lowest BCUT2D eigenvalue weighted by Gasteiger charge is -2.07. The van der Waals surface area contributed by atoms with Gasteiger partial charge in [-0.25, -0.2) is 0 Å². The molecule has 0 aliphatic carbocycles. The SMILES string of the molecule is NN=Cc1cccc(C(=O)Nc2ccc(CCC(=O)O)cc2)c1. The molecule has 0 aliphatic rings. The Kier molecular flexibility index (Phi) is 5.46. The van der Waals surface area contributed by atoms with E-state index in [1.54, 1.807) is 48.5 Å². The summed E-state index contributed by atoms with van der Waals surface area (Å²) >= 11 is 0. The van der Waals surface area contributed by atoms with Crippen molar-refractivity contribution in [2.45, 2.75) is 12.8 Å². The Bertz CT molecular complexity index is 724. The van der Waals surface area contributed by atoms with E-state index in [1.165, 1.54) is 6.21 Å². The van der Waals surface area contributed by atoms with Gasteiger partial charge in [-0.3, -0.25) is 9.59 Å². The van der Waals surface area contributed by atoms with Crippen molar-refractivity contribution in [2.75, 3.05) is 5.32 Å². The number of hydrogen-bond donors (Lipinski definition) is 3. The summed E-state index contributed by atoms with van der Waals surface area (Å²) in [7, 11) is 0. The minimum absolute atomic E-state index is 0.0845. The molecule has 23 heavy (non-hydrogen) atoms. The van der Waals surface area contributed by atoms with Gasteiger partial charge < -0.3 is 16.3 Å². The Hall–Kier alpha value is -3.15. The van der Waals surface area contributed by atoms with Crippen molar-refractivity contribution in [1.29, 1.82) is 0 Å². The van der Waals surface area contributed by atoms with Gasteiger partial charge >= 0.3 is 5.97 Å². The van der Waals surface area contributed by atoms with Crippen LogP contribution in [0.5, 0.6) is 0 Å². The normalized spacial score (nSPS) is 10.6. The van der Waals surface area contributed by atoms with Crippen molar-refractivity contribution in [2.24, 2.45) is 10.9 Å².